The third-order valence-corrected chi connectivity index (χ3v) is 8.57. The number of carboxylic acids is 1. The number of likely N-dealkylation sites (tertiary alicyclic amines) is 1. The second kappa shape index (κ2) is 9.90. The van der Waals surface area contributed by atoms with Crippen LogP contribution in [0.3, 0.4) is 0 Å². The fraction of sp³-hybridized carbons (Fsp3) is 0.345. The number of benzene rings is 1. The lowest BCUT2D eigenvalue weighted by molar-refractivity contribution is -0.152. The molecule has 3 aromatic rings. The molecule has 1 amide bonds. The number of carbonyl (C=O) groups excluding carboxylic acids is 2. The van der Waals surface area contributed by atoms with E-state index in [-0.39, 0.29) is 23.4 Å². The molecule has 2 aromatic heterocycles. The van der Waals surface area contributed by atoms with Crippen molar-refractivity contribution >= 4 is 35.1 Å². The number of thiophene rings is 1. The van der Waals surface area contributed by atoms with Crippen LogP contribution in [0.2, 0.25) is 0 Å². The van der Waals surface area contributed by atoms with Crippen LogP contribution in [0.25, 0.3) is 6.08 Å². The molecular formula is C29H29NO5S. The minimum Gasteiger partial charge on any atom is -0.480 e. The summed E-state index contributed by atoms with van der Waals surface area (Å²) in [5.74, 6) is -2.44. The van der Waals surface area contributed by atoms with Crippen molar-refractivity contribution < 1.29 is 23.9 Å². The van der Waals surface area contributed by atoms with Crippen LogP contribution in [0, 0.1) is 25.7 Å². The molecule has 0 bridgehead atoms. The zero-order valence-corrected chi connectivity index (χ0v) is 21.1. The van der Waals surface area contributed by atoms with Gasteiger partial charge in [0, 0.05) is 16.7 Å². The van der Waals surface area contributed by atoms with Gasteiger partial charge in [-0.05, 0) is 61.4 Å². The predicted octanol–water partition coefficient (Wildman–Crippen LogP) is 5.72. The summed E-state index contributed by atoms with van der Waals surface area (Å²) in [4.78, 5) is 43.0. The number of Topliss-reactive ketones (excluding diaryl/α,β-unsaturated/α-hetero) is 1. The van der Waals surface area contributed by atoms with Crippen molar-refractivity contribution in [3.05, 3.63) is 87.5 Å². The summed E-state index contributed by atoms with van der Waals surface area (Å²) in [6, 6.07) is 13.1. The molecule has 0 spiro atoms. The largest absolute Gasteiger partial charge is 0.480 e. The number of aryl methyl sites for hydroxylation is 2. The molecule has 4 atom stereocenters. The van der Waals surface area contributed by atoms with Gasteiger partial charge in [-0.3, -0.25) is 9.59 Å². The molecule has 7 heteroatoms. The third kappa shape index (κ3) is 4.32. The van der Waals surface area contributed by atoms with Gasteiger partial charge >= 0.3 is 5.97 Å². The monoisotopic (exact) mass is 503 g/mol. The quantitative estimate of drug-likeness (QED) is 0.417. The molecule has 1 aliphatic carbocycles. The number of furan rings is 1. The first kappa shape index (κ1) is 24.3. The second-order valence-electron chi connectivity index (χ2n) is 9.71. The third-order valence-electron chi connectivity index (χ3n) is 7.45. The molecule has 1 aliphatic heterocycles. The Balaban J connectivity index is 1.68. The predicted molar refractivity (Wildman–Crippen MR) is 138 cm³/mol. The van der Waals surface area contributed by atoms with Crippen LogP contribution in [0.1, 0.15) is 57.5 Å². The fourth-order valence-electron chi connectivity index (χ4n) is 5.43. The van der Waals surface area contributed by atoms with Gasteiger partial charge in [-0.25, -0.2) is 4.79 Å². The molecule has 0 radical (unpaired) electrons. The van der Waals surface area contributed by atoms with Gasteiger partial charge in [0.05, 0.1) is 12.0 Å². The molecule has 2 fully saturated rings. The van der Waals surface area contributed by atoms with E-state index < -0.39 is 29.9 Å². The highest BCUT2D eigenvalue weighted by Crippen LogP contribution is 2.49. The number of hydrogen-bond acceptors (Lipinski definition) is 5. The summed E-state index contributed by atoms with van der Waals surface area (Å²) in [6.07, 6.45) is 6.16. The van der Waals surface area contributed by atoms with Crippen molar-refractivity contribution in [2.45, 2.75) is 51.1 Å². The Morgan fingerprint density at radius 2 is 1.81 bits per heavy atom. The Hall–Kier alpha value is -3.45. The number of rotatable bonds is 7. The van der Waals surface area contributed by atoms with Crippen molar-refractivity contribution in [3.8, 4) is 0 Å². The lowest BCUT2D eigenvalue weighted by Crippen LogP contribution is -2.49. The average molecular weight is 504 g/mol. The van der Waals surface area contributed by atoms with Gasteiger partial charge in [-0.15, -0.1) is 11.3 Å². The van der Waals surface area contributed by atoms with Gasteiger partial charge in [0.15, 0.2) is 5.76 Å². The normalized spacial score (nSPS) is 24.2. The Labute approximate surface area is 214 Å². The van der Waals surface area contributed by atoms with Gasteiger partial charge < -0.3 is 14.4 Å². The maximum Gasteiger partial charge on any atom is 0.327 e. The zero-order valence-electron chi connectivity index (χ0n) is 20.3. The van der Waals surface area contributed by atoms with Gasteiger partial charge in [-0.1, -0.05) is 48.9 Å². The maximum atomic E-state index is 14.0. The van der Waals surface area contributed by atoms with Crippen molar-refractivity contribution in [3.63, 3.8) is 0 Å². The second-order valence-corrected chi connectivity index (χ2v) is 10.7. The number of ketones is 1. The average Bonchev–Trinajstić information content (AvgIpc) is 3.53. The number of carbonyl (C=O) groups is 3. The van der Waals surface area contributed by atoms with E-state index in [0.717, 1.165) is 35.3 Å². The first-order valence-electron chi connectivity index (χ1n) is 12.3. The standard InChI is InChI=1S/C29H29NO5S/c1-17-15-16-36-27(17)24-23(26(31)22-14-11-18(2)35-22)21(13-12-19-7-4-3-5-8-19)30(25(24)29(33)34)28(32)20-9-6-10-20/h3-5,7-8,11-16,20-21,23-25H,6,9-10H2,1-2H3,(H,33,34). The maximum absolute atomic E-state index is 14.0. The van der Waals surface area contributed by atoms with E-state index in [4.69, 9.17) is 4.42 Å². The van der Waals surface area contributed by atoms with Crippen molar-refractivity contribution in [1.82, 2.24) is 4.90 Å². The number of hydrogen-bond donors (Lipinski definition) is 1. The Morgan fingerprint density at radius 3 is 2.36 bits per heavy atom. The Bertz CT molecular complexity index is 1300. The summed E-state index contributed by atoms with van der Waals surface area (Å²) in [6.45, 7) is 3.69. The van der Waals surface area contributed by atoms with E-state index in [1.54, 1.807) is 19.1 Å². The number of carboxylic acid groups (broad SMARTS) is 1. The number of aliphatic carboxylic acids is 1. The van der Waals surface area contributed by atoms with Crippen LogP contribution in [-0.4, -0.2) is 39.7 Å². The zero-order chi connectivity index (χ0) is 25.4. The van der Waals surface area contributed by atoms with Gasteiger partial charge in [-0.2, -0.15) is 0 Å². The lowest BCUT2D eigenvalue weighted by atomic mass is 9.80. The van der Waals surface area contributed by atoms with Crippen LogP contribution in [0.4, 0.5) is 0 Å². The lowest BCUT2D eigenvalue weighted by Gasteiger charge is -2.35. The van der Waals surface area contributed by atoms with E-state index in [1.165, 1.54) is 16.2 Å². The number of amides is 1. The molecule has 3 heterocycles. The minimum atomic E-state index is -1.15. The molecule has 6 nitrogen and oxygen atoms in total. The first-order valence-corrected chi connectivity index (χ1v) is 13.2. The molecular weight excluding hydrogens is 474 g/mol. The molecule has 1 aromatic carbocycles. The van der Waals surface area contributed by atoms with E-state index in [0.29, 0.717) is 5.76 Å². The molecule has 1 N–H and O–H groups in total. The fourth-order valence-corrected chi connectivity index (χ4v) is 6.54. The van der Waals surface area contributed by atoms with Gasteiger partial charge in [0.25, 0.3) is 0 Å². The van der Waals surface area contributed by atoms with Gasteiger partial charge in [0.1, 0.15) is 11.8 Å². The summed E-state index contributed by atoms with van der Waals surface area (Å²) >= 11 is 1.44. The highest BCUT2D eigenvalue weighted by atomic mass is 32.1. The first-order chi connectivity index (χ1) is 17.4. The SMILES string of the molecule is Cc1ccc(C(=O)C2C(c3sccc3C)C(C(=O)O)N(C(=O)C3CCC3)C2C=Cc2ccccc2)o1. The van der Waals surface area contributed by atoms with Crippen LogP contribution < -0.4 is 0 Å². The van der Waals surface area contributed by atoms with Gasteiger partial charge in [0.2, 0.25) is 11.7 Å². The summed E-state index contributed by atoms with van der Waals surface area (Å²) in [5, 5.41) is 12.4. The topological polar surface area (TPSA) is 87.8 Å². The molecule has 5 rings (SSSR count). The summed E-state index contributed by atoms with van der Waals surface area (Å²) < 4.78 is 5.71. The minimum absolute atomic E-state index is 0.179. The van der Waals surface area contributed by atoms with Crippen LogP contribution >= 0.6 is 11.3 Å². The molecule has 36 heavy (non-hydrogen) atoms. The molecule has 2 aliphatic rings. The van der Waals surface area contributed by atoms with E-state index >= 15 is 0 Å². The van der Waals surface area contributed by atoms with Crippen LogP contribution in [0.15, 0.2) is 64.4 Å². The molecule has 4 unspecified atom stereocenters. The van der Waals surface area contributed by atoms with Crippen molar-refractivity contribution in [1.29, 1.82) is 0 Å². The summed E-state index contributed by atoms with van der Waals surface area (Å²) in [5.41, 5.74) is 1.84. The molecule has 1 saturated heterocycles. The van der Waals surface area contributed by atoms with E-state index in [1.807, 2.05) is 60.9 Å². The van der Waals surface area contributed by atoms with Crippen molar-refractivity contribution in [2.24, 2.45) is 11.8 Å². The highest BCUT2D eigenvalue weighted by molar-refractivity contribution is 7.10. The van der Waals surface area contributed by atoms with Crippen LogP contribution in [0.5, 0.6) is 0 Å². The molecule has 1 saturated carbocycles. The summed E-state index contributed by atoms with van der Waals surface area (Å²) in [7, 11) is 0. The Kier molecular flexibility index (Phi) is 6.67. The van der Waals surface area contributed by atoms with E-state index in [9.17, 15) is 19.5 Å². The Morgan fingerprint density at radius 1 is 1.06 bits per heavy atom. The van der Waals surface area contributed by atoms with E-state index in [2.05, 4.69) is 0 Å². The number of nitrogens with zero attached hydrogens (tertiary/aromatic N) is 1. The highest BCUT2D eigenvalue weighted by Gasteiger charge is 2.58. The smallest absolute Gasteiger partial charge is 0.327 e. The van der Waals surface area contributed by atoms with Crippen molar-refractivity contribution in [2.75, 3.05) is 0 Å². The van der Waals surface area contributed by atoms with Crippen LogP contribution in [-0.2, 0) is 9.59 Å². The molecule has 186 valence electrons.